The number of aliphatic hydroxyl groups excluding tert-OH is 1. The van der Waals surface area contributed by atoms with Crippen LogP contribution in [0.3, 0.4) is 0 Å². The van der Waals surface area contributed by atoms with Crippen molar-refractivity contribution in [3.8, 4) is 0 Å². The molecule has 0 aliphatic carbocycles. The monoisotopic (exact) mass is 260 g/mol. The van der Waals surface area contributed by atoms with Crippen LogP contribution in [0.2, 0.25) is 0 Å². The molecule has 1 aliphatic heterocycles. The van der Waals surface area contributed by atoms with Gasteiger partial charge in [0.05, 0.1) is 22.9 Å². The first-order valence-corrected chi connectivity index (χ1v) is 5.45. The molecule has 0 aromatic carbocycles. The Morgan fingerprint density at radius 1 is 1.71 bits per heavy atom. The SMILES string of the molecule is CC1(CO)CCC(c2occc2Br)O1. The van der Waals surface area contributed by atoms with Gasteiger partial charge in [0.15, 0.2) is 0 Å². The minimum Gasteiger partial charge on any atom is -0.465 e. The van der Waals surface area contributed by atoms with Crippen molar-refractivity contribution in [3.05, 3.63) is 22.6 Å². The molecule has 1 aromatic rings. The van der Waals surface area contributed by atoms with Crippen molar-refractivity contribution in [2.75, 3.05) is 6.61 Å². The zero-order chi connectivity index (χ0) is 10.2. The lowest BCUT2D eigenvalue weighted by atomic mass is 10.0. The van der Waals surface area contributed by atoms with Crippen molar-refractivity contribution in [2.24, 2.45) is 0 Å². The zero-order valence-corrected chi connectivity index (χ0v) is 9.58. The van der Waals surface area contributed by atoms with Crippen molar-refractivity contribution in [2.45, 2.75) is 31.5 Å². The Kier molecular flexibility index (Phi) is 2.68. The summed E-state index contributed by atoms with van der Waals surface area (Å²) < 4.78 is 12.0. The highest BCUT2D eigenvalue weighted by molar-refractivity contribution is 9.10. The molecule has 0 saturated carbocycles. The Hall–Kier alpha value is -0.320. The maximum atomic E-state index is 9.14. The first-order valence-electron chi connectivity index (χ1n) is 4.66. The number of rotatable bonds is 2. The van der Waals surface area contributed by atoms with E-state index in [1.54, 1.807) is 6.26 Å². The van der Waals surface area contributed by atoms with E-state index in [-0.39, 0.29) is 12.7 Å². The van der Waals surface area contributed by atoms with Gasteiger partial charge in [-0.15, -0.1) is 0 Å². The molecule has 4 heteroatoms. The number of halogens is 1. The lowest BCUT2D eigenvalue weighted by molar-refractivity contribution is -0.0679. The largest absolute Gasteiger partial charge is 0.465 e. The third-order valence-corrected chi connectivity index (χ3v) is 3.29. The van der Waals surface area contributed by atoms with Gasteiger partial charge in [0.25, 0.3) is 0 Å². The number of aliphatic hydroxyl groups is 1. The van der Waals surface area contributed by atoms with Gasteiger partial charge in [-0.1, -0.05) is 0 Å². The molecule has 14 heavy (non-hydrogen) atoms. The standard InChI is InChI=1S/C10H13BrO3/c1-10(6-12)4-2-8(14-10)9-7(11)3-5-13-9/h3,5,8,12H,2,4,6H2,1H3. The summed E-state index contributed by atoms with van der Waals surface area (Å²) in [7, 11) is 0. The van der Waals surface area contributed by atoms with Gasteiger partial charge in [-0.3, -0.25) is 0 Å². The van der Waals surface area contributed by atoms with Crippen LogP contribution in [0, 0.1) is 0 Å². The van der Waals surface area contributed by atoms with Crippen molar-refractivity contribution in [1.29, 1.82) is 0 Å². The zero-order valence-electron chi connectivity index (χ0n) is 8.00. The minimum absolute atomic E-state index is 0.0310. The van der Waals surface area contributed by atoms with Crippen LogP contribution in [0.1, 0.15) is 31.6 Å². The Morgan fingerprint density at radius 3 is 3.00 bits per heavy atom. The highest BCUT2D eigenvalue weighted by atomic mass is 79.9. The van der Waals surface area contributed by atoms with Crippen molar-refractivity contribution in [1.82, 2.24) is 0 Å². The predicted octanol–water partition coefficient (Wildman–Crippen LogP) is 2.64. The summed E-state index contributed by atoms with van der Waals surface area (Å²) in [5.74, 6) is 0.821. The lowest BCUT2D eigenvalue weighted by Crippen LogP contribution is -2.27. The van der Waals surface area contributed by atoms with E-state index in [0.29, 0.717) is 0 Å². The second kappa shape index (κ2) is 3.68. The number of ether oxygens (including phenoxy) is 1. The molecule has 2 heterocycles. The van der Waals surface area contributed by atoms with Crippen LogP contribution >= 0.6 is 15.9 Å². The third kappa shape index (κ3) is 1.74. The summed E-state index contributed by atoms with van der Waals surface area (Å²) in [5, 5.41) is 9.14. The fourth-order valence-electron chi connectivity index (χ4n) is 1.73. The molecule has 2 rings (SSSR count). The lowest BCUT2D eigenvalue weighted by Gasteiger charge is -2.21. The van der Waals surface area contributed by atoms with E-state index < -0.39 is 5.60 Å². The number of furan rings is 1. The summed E-state index contributed by atoms with van der Waals surface area (Å²) in [5.41, 5.74) is -0.406. The van der Waals surface area contributed by atoms with Gasteiger partial charge in [0.1, 0.15) is 11.9 Å². The van der Waals surface area contributed by atoms with Crippen molar-refractivity contribution in [3.63, 3.8) is 0 Å². The van der Waals surface area contributed by atoms with Gasteiger partial charge >= 0.3 is 0 Å². The highest BCUT2D eigenvalue weighted by Gasteiger charge is 2.38. The molecular weight excluding hydrogens is 248 g/mol. The average Bonchev–Trinajstić information content (AvgIpc) is 2.73. The molecule has 1 aromatic heterocycles. The summed E-state index contributed by atoms with van der Waals surface area (Å²) in [6.45, 7) is 1.98. The van der Waals surface area contributed by atoms with Crippen molar-refractivity contribution < 1.29 is 14.3 Å². The average molecular weight is 261 g/mol. The van der Waals surface area contributed by atoms with Gasteiger partial charge in [-0.05, 0) is 41.8 Å². The highest BCUT2D eigenvalue weighted by Crippen LogP contribution is 2.41. The Bertz CT molecular complexity index is 323. The summed E-state index contributed by atoms with van der Waals surface area (Å²) in [4.78, 5) is 0. The molecule has 0 radical (unpaired) electrons. The van der Waals surface area contributed by atoms with E-state index in [2.05, 4.69) is 15.9 Å². The van der Waals surface area contributed by atoms with E-state index in [1.165, 1.54) is 0 Å². The van der Waals surface area contributed by atoms with Crippen LogP contribution in [-0.4, -0.2) is 17.3 Å². The molecule has 2 unspecified atom stereocenters. The molecule has 1 N–H and O–H groups in total. The molecule has 1 saturated heterocycles. The fourth-order valence-corrected chi connectivity index (χ4v) is 2.19. The van der Waals surface area contributed by atoms with Crippen LogP contribution < -0.4 is 0 Å². The normalized spacial score (nSPS) is 32.4. The second-order valence-electron chi connectivity index (χ2n) is 3.89. The Balaban J connectivity index is 2.13. The van der Waals surface area contributed by atoms with Gasteiger partial charge in [-0.2, -0.15) is 0 Å². The van der Waals surface area contributed by atoms with Crippen LogP contribution in [0.4, 0.5) is 0 Å². The van der Waals surface area contributed by atoms with E-state index in [0.717, 1.165) is 23.1 Å². The molecule has 1 aliphatic rings. The van der Waals surface area contributed by atoms with Gasteiger partial charge in [0, 0.05) is 0 Å². The summed E-state index contributed by atoms with van der Waals surface area (Å²) >= 11 is 3.40. The first kappa shape index (κ1) is 10.2. The Labute approximate surface area is 91.2 Å². The number of hydrogen-bond donors (Lipinski definition) is 1. The first-order chi connectivity index (χ1) is 6.64. The van der Waals surface area contributed by atoms with Crippen LogP contribution in [0.25, 0.3) is 0 Å². The summed E-state index contributed by atoms with van der Waals surface area (Å²) in [6.07, 6.45) is 3.36. The van der Waals surface area contributed by atoms with E-state index >= 15 is 0 Å². The van der Waals surface area contributed by atoms with E-state index in [9.17, 15) is 0 Å². The van der Waals surface area contributed by atoms with Gasteiger partial charge in [0.2, 0.25) is 0 Å². The number of hydrogen-bond acceptors (Lipinski definition) is 3. The van der Waals surface area contributed by atoms with Crippen LogP contribution in [0.15, 0.2) is 21.2 Å². The van der Waals surface area contributed by atoms with E-state index in [4.69, 9.17) is 14.3 Å². The molecule has 0 spiro atoms. The Morgan fingerprint density at radius 2 is 2.50 bits per heavy atom. The maximum absolute atomic E-state index is 9.14. The molecular formula is C10H13BrO3. The molecule has 0 bridgehead atoms. The molecule has 3 nitrogen and oxygen atoms in total. The van der Waals surface area contributed by atoms with Crippen LogP contribution in [-0.2, 0) is 4.74 Å². The van der Waals surface area contributed by atoms with Crippen LogP contribution in [0.5, 0.6) is 0 Å². The van der Waals surface area contributed by atoms with Gasteiger partial charge in [-0.25, -0.2) is 0 Å². The third-order valence-electron chi connectivity index (χ3n) is 2.63. The summed E-state index contributed by atoms with van der Waals surface area (Å²) in [6, 6.07) is 1.85. The quantitative estimate of drug-likeness (QED) is 0.889. The van der Waals surface area contributed by atoms with E-state index in [1.807, 2.05) is 13.0 Å². The second-order valence-corrected chi connectivity index (χ2v) is 4.74. The molecule has 1 fully saturated rings. The smallest absolute Gasteiger partial charge is 0.146 e. The predicted molar refractivity (Wildman–Crippen MR) is 55.0 cm³/mol. The molecule has 2 atom stereocenters. The van der Waals surface area contributed by atoms with Crippen molar-refractivity contribution >= 4 is 15.9 Å². The van der Waals surface area contributed by atoms with Gasteiger partial charge < -0.3 is 14.3 Å². The maximum Gasteiger partial charge on any atom is 0.146 e. The minimum atomic E-state index is -0.406. The fraction of sp³-hybridized carbons (Fsp3) is 0.600. The topological polar surface area (TPSA) is 42.6 Å². The molecule has 0 amide bonds. The molecule has 78 valence electrons.